The van der Waals surface area contributed by atoms with Crippen molar-refractivity contribution in [1.29, 1.82) is 0 Å². The van der Waals surface area contributed by atoms with E-state index in [1.54, 1.807) is 43.0 Å². The van der Waals surface area contributed by atoms with Crippen molar-refractivity contribution in [3.05, 3.63) is 47.8 Å². The second-order valence-electron chi connectivity index (χ2n) is 6.75. The molecule has 1 aromatic carbocycles. The molecule has 1 amide bonds. The molecule has 1 aliphatic rings. The number of hydrogen-bond donors (Lipinski definition) is 1. The van der Waals surface area contributed by atoms with E-state index in [0.29, 0.717) is 5.56 Å². The number of nitrogens with one attached hydrogen (secondary N) is 1. The third kappa shape index (κ3) is 3.60. The predicted molar refractivity (Wildman–Crippen MR) is 108 cm³/mol. The molecule has 7 heteroatoms. The summed E-state index contributed by atoms with van der Waals surface area (Å²) in [6, 6.07) is 7.61. The van der Waals surface area contributed by atoms with Crippen LogP contribution in [0.5, 0.6) is 5.75 Å². The third-order valence-corrected chi connectivity index (χ3v) is 6.13. The average Bonchev–Trinajstić information content (AvgIpc) is 3.16. The SMILES string of the molecule is COc1ccc(C)c2sc(N3CCCC(NC(=O)c4ccncc4)C3)nc12. The van der Waals surface area contributed by atoms with Crippen LogP contribution in [0.15, 0.2) is 36.7 Å². The van der Waals surface area contributed by atoms with E-state index in [2.05, 4.69) is 28.2 Å². The number of fused-ring (bicyclic) bond motifs is 1. The van der Waals surface area contributed by atoms with Crippen molar-refractivity contribution in [3.8, 4) is 5.75 Å². The van der Waals surface area contributed by atoms with Crippen LogP contribution in [0.2, 0.25) is 0 Å². The molecule has 0 saturated carbocycles. The highest BCUT2D eigenvalue weighted by molar-refractivity contribution is 7.22. The molecule has 27 heavy (non-hydrogen) atoms. The van der Waals surface area contributed by atoms with Gasteiger partial charge in [-0.1, -0.05) is 17.4 Å². The summed E-state index contributed by atoms with van der Waals surface area (Å²) in [5.41, 5.74) is 2.76. The molecule has 3 heterocycles. The maximum absolute atomic E-state index is 12.4. The summed E-state index contributed by atoms with van der Waals surface area (Å²) in [5.74, 6) is 0.753. The lowest BCUT2D eigenvalue weighted by Crippen LogP contribution is -2.47. The van der Waals surface area contributed by atoms with Gasteiger partial charge in [-0.3, -0.25) is 9.78 Å². The fraction of sp³-hybridized carbons (Fsp3) is 0.350. The van der Waals surface area contributed by atoms with Crippen molar-refractivity contribution >= 4 is 32.6 Å². The first-order valence-electron chi connectivity index (χ1n) is 9.05. The second-order valence-corrected chi connectivity index (χ2v) is 7.73. The number of aromatic nitrogens is 2. The van der Waals surface area contributed by atoms with Crippen LogP contribution in [0.25, 0.3) is 10.2 Å². The van der Waals surface area contributed by atoms with Crippen molar-refractivity contribution in [2.45, 2.75) is 25.8 Å². The minimum atomic E-state index is -0.0499. The highest BCUT2D eigenvalue weighted by Gasteiger charge is 2.25. The fourth-order valence-corrected chi connectivity index (χ4v) is 4.53. The quantitative estimate of drug-likeness (QED) is 0.749. The van der Waals surface area contributed by atoms with E-state index in [1.807, 2.05) is 6.07 Å². The smallest absolute Gasteiger partial charge is 0.251 e. The number of piperidine rings is 1. The number of ether oxygens (including phenoxy) is 1. The zero-order chi connectivity index (χ0) is 18.8. The van der Waals surface area contributed by atoms with Gasteiger partial charge in [0.15, 0.2) is 5.13 Å². The first-order valence-corrected chi connectivity index (χ1v) is 9.87. The maximum atomic E-state index is 12.4. The van der Waals surface area contributed by atoms with Crippen molar-refractivity contribution in [2.75, 3.05) is 25.1 Å². The molecule has 140 valence electrons. The van der Waals surface area contributed by atoms with Crippen LogP contribution >= 0.6 is 11.3 Å². The number of thiazole rings is 1. The van der Waals surface area contributed by atoms with E-state index in [4.69, 9.17) is 9.72 Å². The second kappa shape index (κ2) is 7.52. The lowest BCUT2D eigenvalue weighted by molar-refractivity contribution is 0.0933. The molecule has 6 nitrogen and oxygen atoms in total. The summed E-state index contributed by atoms with van der Waals surface area (Å²) in [6.45, 7) is 3.80. The number of hydrogen-bond acceptors (Lipinski definition) is 6. The molecular weight excluding hydrogens is 360 g/mol. The number of carbonyl (C=O) groups is 1. The standard InChI is InChI=1S/C20H22N4O2S/c1-13-5-6-16(26-2)17-18(13)27-20(23-17)24-11-3-4-15(12-24)22-19(25)14-7-9-21-10-8-14/h5-10,15H,3-4,11-12H2,1-2H3,(H,22,25). The highest BCUT2D eigenvalue weighted by Crippen LogP contribution is 2.37. The Balaban J connectivity index is 1.52. The van der Waals surface area contributed by atoms with Gasteiger partial charge >= 0.3 is 0 Å². The number of pyridine rings is 1. The first-order chi connectivity index (χ1) is 13.2. The van der Waals surface area contributed by atoms with Crippen molar-refractivity contribution in [1.82, 2.24) is 15.3 Å². The number of aryl methyl sites for hydroxylation is 1. The summed E-state index contributed by atoms with van der Waals surface area (Å²) in [6.07, 6.45) is 5.27. The number of benzene rings is 1. The number of amides is 1. The van der Waals surface area contributed by atoms with Crippen LogP contribution in [0.3, 0.4) is 0 Å². The molecule has 3 aromatic rings. The topological polar surface area (TPSA) is 67.3 Å². The average molecular weight is 382 g/mol. The van der Waals surface area contributed by atoms with E-state index in [1.165, 1.54) is 5.56 Å². The molecule has 0 radical (unpaired) electrons. The van der Waals surface area contributed by atoms with Gasteiger partial charge in [0.2, 0.25) is 0 Å². The molecule has 1 saturated heterocycles. The van der Waals surface area contributed by atoms with Gasteiger partial charge in [-0.2, -0.15) is 0 Å². The highest BCUT2D eigenvalue weighted by atomic mass is 32.1. The first kappa shape index (κ1) is 17.7. The lowest BCUT2D eigenvalue weighted by atomic mass is 10.1. The zero-order valence-corrected chi connectivity index (χ0v) is 16.3. The maximum Gasteiger partial charge on any atom is 0.251 e. The minimum Gasteiger partial charge on any atom is -0.494 e. The predicted octanol–water partition coefficient (Wildman–Crippen LogP) is 3.41. The van der Waals surface area contributed by atoms with E-state index < -0.39 is 0 Å². The lowest BCUT2D eigenvalue weighted by Gasteiger charge is -2.32. The minimum absolute atomic E-state index is 0.0499. The summed E-state index contributed by atoms with van der Waals surface area (Å²) < 4.78 is 6.63. The summed E-state index contributed by atoms with van der Waals surface area (Å²) in [5, 5.41) is 4.13. The Morgan fingerprint density at radius 1 is 1.30 bits per heavy atom. The molecule has 1 N–H and O–H groups in total. The van der Waals surface area contributed by atoms with E-state index in [-0.39, 0.29) is 11.9 Å². The van der Waals surface area contributed by atoms with E-state index in [0.717, 1.165) is 47.0 Å². The summed E-state index contributed by atoms with van der Waals surface area (Å²) in [4.78, 5) is 23.5. The molecule has 1 unspecified atom stereocenters. The van der Waals surface area contributed by atoms with Crippen LogP contribution in [0.1, 0.15) is 28.8 Å². The van der Waals surface area contributed by atoms with Gasteiger partial charge in [0, 0.05) is 37.1 Å². The van der Waals surface area contributed by atoms with Gasteiger partial charge in [0.05, 0.1) is 11.8 Å². The summed E-state index contributed by atoms with van der Waals surface area (Å²) >= 11 is 1.69. The van der Waals surface area contributed by atoms with Crippen LogP contribution < -0.4 is 15.0 Å². The molecule has 0 bridgehead atoms. The van der Waals surface area contributed by atoms with E-state index in [9.17, 15) is 4.79 Å². The Morgan fingerprint density at radius 2 is 2.11 bits per heavy atom. The molecule has 0 spiro atoms. The van der Waals surface area contributed by atoms with Crippen molar-refractivity contribution < 1.29 is 9.53 Å². The van der Waals surface area contributed by atoms with Gasteiger partial charge in [-0.25, -0.2) is 4.98 Å². The third-order valence-electron chi connectivity index (χ3n) is 4.88. The number of rotatable bonds is 4. The number of nitrogens with zero attached hydrogens (tertiary/aromatic N) is 3. The Kier molecular flexibility index (Phi) is 4.94. The Hall–Kier alpha value is -2.67. The largest absolute Gasteiger partial charge is 0.494 e. The number of anilines is 1. The molecule has 1 aliphatic heterocycles. The normalized spacial score (nSPS) is 17.1. The van der Waals surface area contributed by atoms with Crippen molar-refractivity contribution in [2.24, 2.45) is 0 Å². The molecule has 2 aromatic heterocycles. The molecule has 4 rings (SSSR count). The van der Waals surface area contributed by atoms with Crippen LogP contribution in [0, 0.1) is 6.92 Å². The molecule has 1 fully saturated rings. The van der Waals surface area contributed by atoms with Gasteiger partial charge in [-0.15, -0.1) is 0 Å². The number of carbonyl (C=O) groups excluding carboxylic acids is 1. The number of methoxy groups -OCH3 is 1. The summed E-state index contributed by atoms with van der Waals surface area (Å²) in [7, 11) is 1.68. The zero-order valence-electron chi connectivity index (χ0n) is 15.4. The Bertz CT molecular complexity index is 957. The Labute approximate surface area is 162 Å². The monoisotopic (exact) mass is 382 g/mol. The van der Waals surface area contributed by atoms with Gasteiger partial charge in [0.1, 0.15) is 11.3 Å². The fourth-order valence-electron chi connectivity index (χ4n) is 3.44. The van der Waals surface area contributed by atoms with Crippen molar-refractivity contribution in [3.63, 3.8) is 0 Å². The van der Waals surface area contributed by atoms with Crippen LogP contribution in [0.4, 0.5) is 5.13 Å². The van der Waals surface area contributed by atoms with Crippen LogP contribution in [-0.2, 0) is 0 Å². The van der Waals surface area contributed by atoms with Gasteiger partial charge in [-0.05, 0) is 43.5 Å². The van der Waals surface area contributed by atoms with Gasteiger partial charge < -0.3 is 15.0 Å². The molecule has 1 atom stereocenters. The van der Waals surface area contributed by atoms with Crippen LogP contribution in [-0.4, -0.2) is 42.1 Å². The Morgan fingerprint density at radius 3 is 2.89 bits per heavy atom. The van der Waals surface area contributed by atoms with Gasteiger partial charge in [0.25, 0.3) is 5.91 Å². The molecule has 0 aliphatic carbocycles. The van der Waals surface area contributed by atoms with E-state index >= 15 is 0 Å². The molecular formula is C20H22N4O2S.